The van der Waals surface area contributed by atoms with Crippen molar-refractivity contribution in [2.45, 2.75) is 0 Å². The predicted octanol–water partition coefficient (Wildman–Crippen LogP) is -0.954. The van der Waals surface area contributed by atoms with Crippen LogP contribution in [-0.2, 0) is 4.84 Å². The van der Waals surface area contributed by atoms with Crippen molar-refractivity contribution in [3.05, 3.63) is 11.6 Å². The lowest BCUT2D eigenvalue weighted by Crippen LogP contribution is -2.15. The third-order valence-corrected chi connectivity index (χ3v) is 1.81. The standard InChI is InChI=1S/C7H11N5O2/c8-3-1-2(7(13)14-12)4(9)6(11)5(3)10/h1H,8-12H2. The van der Waals surface area contributed by atoms with E-state index in [2.05, 4.69) is 4.84 Å². The summed E-state index contributed by atoms with van der Waals surface area (Å²) in [6.45, 7) is 0. The Morgan fingerprint density at radius 2 is 1.64 bits per heavy atom. The molecule has 1 rings (SSSR count). The Labute approximate surface area is 79.7 Å². The van der Waals surface area contributed by atoms with Gasteiger partial charge in [-0.05, 0) is 6.07 Å². The second kappa shape index (κ2) is 3.30. The van der Waals surface area contributed by atoms with Gasteiger partial charge in [0, 0.05) is 0 Å². The molecule has 0 heterocycles. The summed E-state index contributed by atoms with van der Waals surface area (Å²) in [4.78, 5) is 15.1. The first kappa shape index (κ1) is 9.93. The van der Waals surface area contributed by atoms with E-state index in [1.54, 1.807) is 0 Å². The summed E-state index contributed by atoms with van der Waals surface area (Å²) in [5, 5.41) is 0. The van der Waals surface area contributed by atoms with Crippen LogP contribution in [0.15, 0.2) is 6.07 Å². The Kier molecular flexibility index (Phi) is 2.34. The van der Waals surface area contributed by atoms with Gasteiger partial charge in [0.05, 0.1) is 28.3 Å². The van der Waals surface area contributed by atoms with Crippen molar-refractivity contribution >= 4 is 28.7 Å². The SMILES string of the molecule is NOC(=O)c1cc(N)c(N)c(N)c1N. The van der Waals surface area contributed by atoms with Crippen molar-refractivity contribution in [1.29, 1.82) is 0 Å². The average molecular weight is 197 g/mol. The fourth-order valence-electron chi connectivity index (χ4n) is 0.989. The first-order chi connectivity index (χ1) is 6.49. The largest absolute Gasteiger partial charge is 0.397 e. The Hall–Kier alpha value is -2.15. The van der Waals surface area contributed by atoms with Crippen molar-refractivity contribution in [1.82, 2.24) is 0 Å². The number of rotatable bonds is 1. The molecule has 76 valence electrons. The molecular weight excluding hydrogens is 186 g/mol. The van der Waals surface area contributed by atoms with Crippen LogP contribution in [0.1, 0.15) is 10.4 Å². The van der Waals surface area contributed by atoms with Gasteiger partial charge in [-0.3, -0.25) is 0 Å². The number of hydrogen-bond donors (Lipinski definition) is 5. The summed E-state index contributed by atoms with van der Waals surface area (Å²) in [6.07, 6.45) is 0. The number of carbonyl (C=O) groups excluding carboxylic acids is 1. The Morgan fingerprint density at radius 3 is 2.14 bits per heavy atom. The van der Waals surface area contributed by atoms with Crippen LogP contribution in [0.5, 0.6) is 0 Å². The first-order valence-electron chi connectivity index (χ1n) is 3.63. The maximum atomic E-state index is 11.1. The summed E-state index contributed by atoms with van der Waals surface area (Å²) in [6, 6.07) is 1.26. The van der Waals surface area contributed by atoms with Gasteiger partial charge in [0.1, 0.15) is 0 Å². The van der Waals surface area contributed by atoms with E-state index >= 15 is 0 Å². The van der Waals surface area contributed by atoms with E-state index in [0.29, 0.717) is 0 Å². The molecule has 0 aromatic heterocycles. The quantitative estimate of drug-likeness (QED) is 0.286. The smallest absolute Gasteiger partial charge is 0.358 e. The lowest BCUT2D eigenvalue weighted by atomic mass is 10.1. The van der Waals surface area contributed by atoms with E-state index < -0.39 is 5.97 Å². The van der Waals surface area contributed by atoms with Gasteiger partial charge in [0.2, 0.25) is 0 Å². The van der Waals surface area contributed by atoms with Crippen molar-refractivity contribution in [2.24, 2.45) is 5.90 Å². The van der Waals surface area contributed by atoms with E-state index in [-0.39, 0.29) is 28.3 Å². The Morgan fingerprint density at radius 1 is 1.07 bits per heavy atom. The zero-order valence-electron chi connectivity index (χ0n) is 7.28. The lowest BCUT2D eigenvalue weighted by Gasteiger charge is -2.10. The molecule has 0 unspecified atom stereocenters. The molecule has 0 amide bonds. The van der Waals surface area contributed by atoms with Gasteiger partial charge in [0.25, 0.3) is 0 Å². The van der Waals surface area contributed by atoms with Crippen LogP contribution in [0, 0.1) is 0 Å². The number of hydrogen-bond acceptors (Lipinski definition) is 7. The van der Waals surface area contributed by atoms with Crippen LogP contribution in [0.4, 0.5) is 22.7 Å². The van der Waals surface area contributed by atoms with Gasteiger partial charge >= 0.3 is 5.97 Å². The molecule has 0 radical (unpaired) electrons. The maximum absolute atomic E-state index is 11.1. The summed E-state index contributed by atoms with van der Waals surface area (Å²) in [5.74, 6) is 3.87. The minimum absolute atomic E-state index is 0.00306. The van der Waals surface area contributed by atoms with E-state index in [4.69, 9.17) is 28.8 Å². The first-order valence-corrected chi connectivity index (χ1v) is 3.63. The molecule has 14 heavy (non-hydrogen) atoms. The van der Waals surface area contributed by atoms with E-state index in [1.807, 2.05) is 0 Å². The minimum Gasteiger partial charge on any atom is -0.397 e. The van der Waals surface area contributed by atoms with Crippen molar-refractivity contribution in [2.75, 3.05) is 22.9 Å². The average Bonchev–Trinajstić information content (AvgIpc) is 2.19. The number of carbonyl (C=O) groups is 1. The highest BCUT2D eigenvalue weighted by Gasteiger charge is 2.16. The van der Waals surface area contributed by atoms with Crippen LogP contribution >= 0.6 is 0 Å². The van der Waals surface area contributed by atoms with Crippen molar-refractivity contribution < 1.29 is 9.63 Å². The van der Waals surface area contributed by atoms with E-state index in [9.17, 15) is 4.79 Å². The molecule has 0 saturated carbocycles. The molecule has 0 atom stereocenters. The molecule has 0 aliphatic heterocycles. The highest BCUT2D eigenvalue weighted by atomic mass is 16.7. The van der Waals surface area contributed by atoms with Crippen LogP contribution in [-0.4, -0.2) is 5.97 Å². The highest BCUT2D eigenvalue weighted by molar-refractivity contribution is 6.03. The highest BCUT2D eigenvalue weighted by Crippen LogP contribution is 2.32. The number of anilines is 4. The zero-order chi connectivity index (χ0) is 10.9. The molecular formula is C7H11N5O2. The van der Waals surface area contributed by atoms with Gasteiger partial charge in [-0.15, -0.1) is 0 Å². The monoisotopic (exact) mass is 197 g/mol. The molecule has 7 nitrogen and oxygen atoms in total. The number of nitrogen functional groups attached to an aromatic ring is 4. The van der Waals surface area contributed by atoms with Crippen LogP contribution in [0.3, 0.4) is 0 Å². The molecule has 7 heteroatoms. The van der Waals surface area contributed by atoms with Gasteiger partial charge in [-0.1, -0.05) is 0 Å². The predicted molar refractivity (Wildman–Crippen MR) is 53.7 cm³/mol. The second-order valence-corrected chi connectivity index (χ2v) is 2.66. The fourth-order valence-corrected chi connectivity index (χ4v) is 0.989. The maximum Gasteiger partial charge on any atom is 0.358 e. The third kappa shape index (κ3) is 1.36. The second-order valence-electron chi connectivity index (χ2n) is 2.66. The lowest BCUT2D eigenvalue weighted by molar-refractivity contribution is 0.0505. The number of nitrogens with two attached hydrogens (primary N) is 5. The summed E-state index contributed by atoms with van der Waals surface area (Å²) < 4.78 is 0. The van der Waals surface area contributed by atoms with E-state index in [1.165, 1.54) is 6.07 Å². The Bertz CT molecular complexity index is 390. The minimum atomic E-state index is -0.819. The van der Waals surface area contributed by atoms with Gasteiger partial charge in [-0.2, -0.15) is 5.90 Å². The molecule has 0 fully saturated rings. The van der Waals surface area contributed by atoms with Crippen LogP contribution in [0.2, 0.25) is 0 Å². The summed E-state index contributed by atoms with van der Waals surface area (Å²) in [7, 11) is 0. The molecule has 0 aliphatic carbocycles. The van der Waals surface area contributed by atoms with Crippen molar-refractivity contribution in [3.8, 4) is 0 Å². The van der Waals surface area contributed by atoms with Crippen LogP contribution < -0.4 is 28.8 Å². The summed E-state index contributed by atoms with van der Waals surface area (Å²) in [5.41, 5.74) is 22.3. The molecule has 1 aromatic rings. The zero-order valence-corrected chi connectivity index (χ0v) is 7.28. The molecule has 0 saturated heterocycles. The summed E-state index contributed by atoms with van der Waals surface area (Å²) >= 11 is 0. The van der Waals surface area contributed by atoms with Crippen molar-refractivity contribution in [3.63, 3.8) is 0 Å². The van der Waals surface area contributed by atoms with E-state index in [0.717, 1.165) is 0 Å². The Balaban J connectivity index is 3.40. The fraction of sp³-hybridized carbons (Fsp3) is 0. The van der Waals surface area contributed by atoms with Gasteiger partial charge < -0.3 is 27.8 Å². The van der Waals surface area contributed by atoms with Gasteiger partial charge in [0.15, 0.2) is 0 Å². The third-order valence-electron chi connectivity index (χ3n) is 1.81. The molecule has 1 aromatic carbocycles. The molecule has 10 N–H and O–H groups in total. The molecule has 0 spiro atoms. The molecule has 0 aliphatic rings. The van der Waals surface area contributed by atoms with Gasteiger partial charge in [-0.25, -0.2) is 4.79 Å². The number of benzene rings is 1. The molecule has 0 bridgehead atoms. The van der Waals surface area contributed by atoms with Crippen LogP contribution in [0.25, 0.3) is 0 Å². The topological polar surface area (TPSA) is 156 Å². The normalized spacial score (nSPS) is 9.79.